The molecular formula is C15H19ClN4. The Labute approximate surface area is 123 Å². The number of hydrogen-bond acceptors (Lipinski definition) is 3. The summed E-state index contributed by atoms with van der Waals surface area (Å²) in [5, 5.41) is 0.606. The van der Waals surface area contributed by atoms with E-state index in [1.807, 2.05) is 6.07 Å². The van der Waals surface area contributed by atoms with E-state index in [1.54, 1.807) is 6.20 Å². The fraction of sp³-hybridized carbons (Fsp3) is 0.600. The highest BCUT2D eigenvalue weighted by Crippen LogP contribution is 2.52. The Morgan fingerprint density at radius 2 is 2.25 bits per heavy atom. The number of halogens is 1. The Balaban J connectivity index is 1.76. The predicted molar refractivity (Wildman–Crippen MR) is 80.6 cm³/mol. The highest BCUT2D eigenvalue weighted by Gasteiger charge is 2.42. The minimum atomic E-state index is 0.365. The summed E-state index contributed by atoms with van der Waals surface area (Å²) in [7, 11) is 0. The number of aromatic nitrogens is 3. The van der Waals surface area contributed by atoms with E-state index in [0.717, 1.165) is 23.0 Å². The molecule has 2 N–H and O–H groups in total. The van der Waals surface area contributed by atoms with Crippen LogP contribution in [-0.4, -0.2) is 14.5 Å². The molecule has 0 aliphatic heterocycles. The molecule has 0 saturated heterocycles. The number of nitrogens with zero attached hydrogens (tertiary/aromatic N) is 3. The summed E-state index contributed by atoms with van der Waals surface area (Å²) in [5.41, 5.74) is 7.80. The molecule has 106 valence electrons. The molecule has 2 heterocycles. The molecule has 0 aromatic carbocycles. The van der Waals surface area contributed by atoms with Crippen LogP contribution in [0.25, 0.3) is 11.2 Å². The van der Waals surface area contributed by atoms with Gasteiger partial charge in [0.1, 0.15) is 5.52 Å². The lowest BCUT2D eigenvalue weighted by Gasteiger charge is -2.29. The molecule has 0 radical (unpaired) electrons. The van der Waals surface area contributed by atoms with Gasteiger partial charge >= 0.3 is 0 Å². The lowest BCUT2D eigenvalue weighted by Crippen LogP contribution is -2.23. The van der Waals surface area contributed by atoms with Crippen molar-refractivity contribution in [3.63, 3.8) is 0 Å². The van der Waals surface area contributed by atoms with Gasteiger partial charge < -0.3 is 5.73 Å². The van der Waals surface area contributed by atoms with Crippen LogP contribution in [0.4, 0.5) is 5.95 Å². The van der Waals surface area contributed by atoms with Gasteiger partial charge in [0.05, 0.1) is 5.02 Å². The Morgan fingerprint density at radius 1 is 1.40 bits per heavy atom. The fourth-order valence-electron chi connectivity index (χ4n) is 4.45. The number of pyridine rings is 1. The van der Waals surface area contributed by atoms with Gasteiger partial charge in [-0.1, -0.05) is 18.0 Å². The third kappa shape index (κ3) is 1.74. The van der Waals surface area contributed by atoms with Crippen molar-refractivity contribution >= 4 is 28.7 Å². The zero-order valence-corrected chi connectivity index (χ0v) is 12.3. The van der Waals surface area contributed by atoms with Crippen molar-refractivity contribution in [2.45, 2.75) is 38.6 Å². The third-order valence-electron chi connectivity index (χ3n) is 5.34. The second-order valence-electron chi connectivity index (χ2n) is 6.42. The van der Waals surface area contributed by atoms with Crippen molar-refractivity contribution < 1.29 is 0 Å². The molecule has 2 aromatic rings. The molecule has 4 atom stereocenters. The summed E-state index contributed by atoms with van der Waals surface area (Å²) in [4.78, 5) is 8.87. The molecule has 2 saturated carbocycles. The van der Waals surface area contributed by atoms with Crippen LogP contribution in [0.15, 0.2) is 12.3 Å². The monoisotopic (exact) mass is 290 g/mol. The van der Waals surface area contributed by atoms with Gasteiger partial charge in [-0.25, -0.2) is 9.97 Å². The maximum atomic E-state index is 6.14. The standard InChI is InChI=1S/C15H19ClN4/c1-8(12-5-9-2-3-10(12)4-9)20-14-13(19-15(20)17)6-11(16)7-18-14/h6-10,12H,2-5H2,1H3,(H2,17,19). The van der Waals surface area contributed by atoms with Crippen LogP contribution in [0, 0.1) is 17.8 Å². The third-order valence-corrected chi connectivity index (χ3v) is 5.55. The Bertz CT molecular complexity index is 665. The van der Waals surface area contributed by atoms with Gasteiger partial charge in [-0.3, -0.25) is 4.57 Å². The van der Waals surface area contributed by atoms with Crippen LogP contribution in [0.1, 0.15) is 38.6 Å². The van der Waals surface area contributed by atoms with Crippen LogP contribution in [0.3, 0.4) is 0 Å². The molecule has 2 aromatic heterocycles. The van der Waals surface area contributed by atoms with Crippen LogP contribution in [0.2, 0.25) is 5.02 Å². The molecule has 4 unspecified atom stereocenters. The first-order valence-electron chi connectivity index (χ1n) is 7.42. The highest BCUT2D eigenvalue weighted by atomic mass is 35.5. The molecule has 2 bridgehead atoms. The Hall–Kier alpha value is -1.29. The van der Waals surface area contributed by atoms with Crippen LogP contribution < -0.4 is 5.73 Å². The fourth-order valence-corrected chi connectivity index (χ4v) is 4.60. The number of anilines is 1. The number of nitrogen functional groups attached to an aromatic ring is 1. The zero-order valence-electron chi connectivity index (χ0n) is 11.6. The number of nitrogens with two attached hydrogens (primary N) is 1. The molecule has 2 aliphatic rings. The minimum Gasteiger partial charge on any atom is -0.369 e. The average molecular weight is 291 g/mol. The van der Waals surface area contributed by atoms with E-state index in [4.69, 9.17) is 17.3 Å². The molecule has 0 spiro atoms. The summed E-state index contributed by atoms with van der Waals surface area (Å²) in [6.07, 6.45) is 7.21. The van der Waals surface area contributed by atoms with Gasteiger partial charge in [0.2, 0.25) is 5.95 Å². The molecule has 0 amide bonds. The second kappa shape index (κ2) is 4.35. The summed E-state index contributed by atoms with van der Waals surface area (Å²) in [6.45, 7) is 2.26. The largest absolute Gasteiger partial charge is 0.369 e. The SMILES string of the molecule is CC(C1CC2CCC1C2)n1c(N)nc2cc(Cl)cnc21. The maximum absolute atomic E-state index is 6.14. The topological polar surface area (TPSA) is 56.7 Å². The molecule has 2 fully saturated rings. The lowest BCUT2D eigenvalue weighted by atomic mass is 9.84. The lowest BCUT2D eigenvalue weighted by molar-refractivity contribution is 0.247. The van der Waals surface area contributed by atoms with Crippen LogP contribution in [0.5, 0.6) is 0 Å². The first-order chi connectivity index (χ1) is 9.63. The smallest absolute Gasteiger partial charge is 0.202 e. The number of fused-ring (bicyclic) bond motifs is 3. The van der Waals surface area contributed by atoms with E-state index >= 15 is 0 Å². The second-order valence-corrected chi connectivity index (χ2v) is 6.85. The van der Waals surface area contributed by atoms with Crippen LogP contribution >= 0.6 is 11.6 Å². The van der Waals surface area contributed by atoms with Gasteiger partial charge in [-0.2, -0.15) is 0 Å². The molecule has 4 nitrogen and oxygen atoms in total. The number of imidazole rings is 1. The van der Waals surface area contributed by atoms with Crippen LogP contribution in [-0.2, 0) is 0 Å². The number of hydrogen-bond donors (Lipinski definition) is 1. The predicted octanol–water partition coefficient (Wildman–Crippen LogP) is 3.66. The molecule has 5 heteroatoms. The van der Waals surface area contributed by atoms with Crippen molar-refractivity contribution in [3.05, 3.63) is 17.3 Å². The summed E-state index contributed by atoms with van der Waals surface area (Å²) >= 11 is 5.99. The van der Waals surface area contributed by atoms with Gasteiger partial charge in [0.15, 0.2) is 5.65 Å². The highest BCUT2D eigenvalue weighted by molar-refractivity contribution is 6.31. The summed E-state index contributed by atoms with van der Waals surface area (Å²) in [6, 6.07) is 2.20. The van der Waals surface area contributed by atoms with E-state index in [1.165, 1.54) is 25.7 Å². The average Bonchev–Trinajstić information content (AvgIpc) is 3.10. The molecule has 4 rings (SSSR count). The van der Waals surface area contributed by atoms with E-state index < -0.39 is 0 Å². The molecular weight excluding hydrogens is 272 g/mol. The van der Waals surface area contributed by atoms with Gasteiger partial charge in [-0.15, -0.1) is 0 Å². The van der Waals surface area contributed by atoms with Crippen molar-refractivity contribution in [3.8, 4) is 0 Å². The number of rotatable bonds is 2. The van der Waals surface area contributed by atoms with Crippen molar-refractivity contribution in [2.24, 2.45) is 17.8 Å². The van der Waals surface area contributed by atoms with Gasteiger partial charge in [0, 0.05) is 12.2 Å². The van der Waals surface area contributed by atoms with Crippen molar-refractivity contribution in [1.82, 2.24) is 14.5 Å². The van der Waals surface area contributed by atoms with E-state index in [-0.39, 0.29) is 0 Å². The molecule has 20 heavy (non-hydrogen) atoms. The molecule has 2 aliphatic carbocycles. The Kier molecular flexibility index (Phi) is 2.71. The van der Waals surface area contributed by atoms with Crippen molar-refractivity contribution in [2.75, 3.05) is 5.73 Å². The summed E-state index contributed by atoms with van der Waals surface area (Å²) < 4.78 is 2.11. The van der Waals surface area contributed by atoms with E-state index in [2.05, 4.69) is 21.5 Å². The quantitative estimate of drug-likeness (QED) is 0.918. The van der Waals surface area contributed by atoms with E-state index in [9.17, 15) is 0 Å². The van der Waals surface area contributed by atoms with E-state index in [0.29, 0.717) is 22.9 Å². The maximum Gasteiger partial charge on any atom is 0.202 e. The normalized spacial score (nSPS) is 30.2. The Morgan fingerprint density at radius 3 is 2.95 bits per heavy atom. The zero-order chi connectivity index (χ0) is 13.9. The first-order valence-corrected chi connectivity index (χ1v) is 7.80. The van der Waals surface area contributed by atoms with Gasteiger partial charge in [0.25, 0.3) is 0 Å². The van der Waals surface area contributed by atoms with Crippen molar-refractivity contribution in [1.29, 1.82) is 0 Å². The van der Waals surface area contributed by atoms with Gasteiger partial charge in [-0.05, 0) is 50.0 Å². The first kappa shape index (κ1) is 12.5. The summed E-state index contributed by atoms with van der Waals surface area (Å²) in [5.74, 6) is 3.07. The minimum absolute atomic E-state index is 0.365.